The van der Waals surface area contributed by atoms with Crippen LogP contribution in [0.5, 0.6) is 0 Å². The van der Waals surface area contributed by atoms with Gasteiger partial charge in [0.05, 0.1) is 27.9 Å². The second-order valence-electron chi connectivity index (χ2n) is 8.40. The van der Waals surface area contributed by atoms with E-state index >= 15 is 0 Å². The third-order valence-corrected chi connectivity index (χ3v) is 8.07. The molecule has 0 amide bonds. The van der Waals surface area contributed by atoms with Crippen LogP contribution in [0, 0.1) is 11.3 Å². The lowest BCUT2D eigenvalue weighted by Gasteiger charge is -2.36. The molecule has 0 aromatic heterocycles. The number of nitrogens with one attached hydrogen (secondary N) is 1. The number of sulfone groups is 1. The summed E-state index contributed by atoms with van der Waals surface area (Å²) in [6.07, 6.45) is 3.48. The van der Waals surface area contributed by atoms with E-state index in [0.29, 0.717) is 5.56 Å². The Morgan fingerprint density at radius 1 is 1.23 bits per heavy atom. The fourth-order valence-electron chi connectivity index (χ4n) is 4.35. The number of nitrogens with zero attached hydrogens (tertiary/aromatic N) is 2. The highest BCUT2D eigenvalue weighted by Gasteiger charge is 2.42. The Morgan fingerprint density at radius 2 is 1.93 bits per heavy atom. The van der Waals surface area contributed by atoms with Gasteiger partial charge in [0.15, 0.2) is 9.84 Å². The van der Waals surface area contributed by atoms with E-state index in [2.05, 4.69) is 25.2 Å². The van der Waals surface area contributed by atoms with Gasteiger partial charge in [0, 0.05) is 21.1 Å². The van der Waals surface area contributed by atoms with Crippen LogP contribution < -0.4 is 10.2 Å². The van der Waals surface area contributed by atoms with Crippen LogP contribution in [0.1, 0.15) is 63.7 Å². The summed E-state index contributed by atoms with van der Waals surface area (Å²) >= 11 is 0. The van der Waals surface area contributed by atoms with Crippen molar-refractivity contribution in [2.24, 2.45) is 0 Å². The number of nitriles is 1. The van der Waals surface area contributed by atoms with E-state index in [0.717, 1.165) is 42.5 Å². The number of anilines is 1. The fraction of sp³-hybridized carbons (Fsp3) is 0.458. The molecule has 1 aliphatic rings. The lowest BCUT2D eigenvalue weighted by molar-refractivity contribution is 0.295. The Hall–Kier alpha value is -2.36. The zero-order valence-electron chi connectivity index (χ0n) is 18.3. The maximum Gasteiger partial charge on any atom is 0.180 e. The standard InChI is InChI=1S/C24H31N3O2S.H2/c1-5-7-13-24(6-2)17-30(28,29)22-14-19(16-25)21(27(3)4)15-20(22)23(26-24)18-11-9-8-10-12-18;/h8-12,14-15,23,26H,5-7,13,17H2,1-4H3;1H/t23-,24-;/m1./s1. The van der Waals surface area contributed by atoms with Gasteiger partial charge in [-0.05, 0) is 36.1 Å². The molecule has 1 aliphatic heterocycles. The lowest BCUT2D eigenvalue weighted by Crippen LogP contribution is -2.50. The molecule has 30 heavy (non-hydrogen) atoms. The van der Waals surface area contributed by atoms with Crippen molar-refractivity contribution < 1.29 is 9.84 Å². The van der Waals surface area contributed by atoms with Crippen molar-refractivity contribution in [3.05, 3.63) is 59.2 Å². The van der Waals surface area contributed by atoms with Gasteiger partial charge in [0.2, 0.25) is 0 Å². The van der Waals surface area contributed by atoms with Gasteiger partial charge in [-0.15, -0.1) is 0 Å². The molecule has 0 bridgehead atoms. The third-order valence-electron chi connectivity index (χ3n) is 6.11. The average molecular weight is 428 g/mol. The first-order chi connectivity index (χ1) is 14.3. The lowest BCUT2D eigenvalue weighted by atomic mass is 9.87. The average Bonchev–Trinajstić information content (AvgIpc) is 2.84. The predicted octanol–water partition coefficient (Wildman–Crippen LogP) is 4.68. The van der Waals surface area contributed by atoms with Crippen LogP contribution in [0.15, 0.2) is 47.4 Å². The molecule has 5 nitrogen and oxygen atoms in total. The molecule has 2 aromatic rings. The molecule has 1 N–H and O–H groups in total. The Morgan fingerprint density at radius 3 is 2.50 bits per heavy atom. The summed E-state index contributed by atoms with van der Waals surface area (Å²) in [7, 11) is 0.166. The number of hydrogen-bond donors (Lipinski definition) is 1. The smallest absolute Gasteiger partial charge is 0.180 e. The summed E-state index contributed by atoms with van der Waals surface area (Å²) in [5.74, 6) is 0.0407. The maximum absolute atomic E-state index is 13.6. The Labute approximate surface area is 182 Å². The molecule has 0 aliphatic carbocycles. The number of hydrogen-bond acceptors (Lipinski definition) is 5. The van der Waals surface area contributed by atoms with Crippen LogP contribution in [0.3, 0.4) is 0 Å². The molecule has 2 aromatic carbocycles. The fourth-order valence-corrected chi connectivity index (χ4v) is 6.50. The second-order valence-corrected chi connectivity index (χ2v) is 10.4. The molecule has 6 heteroatoms. The Balaban J connectivity index is 0.00000341. The second kappa shape index (κ2) is 8.79. The van der Waals surface area contributed by atoms with Gasteiger partial charge in [0.25, 0.3) is 0 Å². The van der Waals surface area contributed by atoms with Gasteiger partial charge in [-0.3, -0.25) is 5.32 Å². The highest BCUT2D eigenvalue weighted by molar-refractivity contribution is 7.91. The normalized spacial score (nSPS) is 22.6. The number of fused-ring (bicyclic) bond motifs is 1. The van der Waals surface area contributed by atoms with Crippen LogP contribution >= 0.6 is 0 Å². The molecule has 0 unspecified atom stereocenters. The Bertz CT molecular complexity index is 1050. The molecule has 1 heterocycles. The van der Waals surface area contributed by atoms with Gasteiger partial charge in [-0.1, -0.05) is 57.0 Å². The van der Waals surface area contributed by atoms with Crippen LogP contribution in [0.2, 0.25) is 0 Å². The highest BCUT2D eigenvalue weighted by atomic mass is 32.2. The molecule has 0 spiro atoms. The molecule has 0 saturated carbocycles. The summed E-state index contributed by atoms with van der Waals surface area (Å²) in [5, 5.41) is 13.4. The molecular weight excluding hydrogens is 394 g/mol. The van der Waals surface area contributed by atoms with Gasteiger partial charge < -0.3 is 4.90 Å². The van der Waals surface area contributed by atoms with Crippen LogP contribution in [0.4, 0.5) is 5.69 Å². The van der Waals surface area contributed by atoms with Crippen LogP contribution in [-0.4, -0.2) is 33.8 Å². The summed E-state index contributed by atoms with van der Waals surface area (Å²) in [6.45, 7) is 4.18. The molecule has 162 valence electrons. The van der Waals surface area contributed by atoms with E-state index in [4.69, 9.17) is 0 Å². The highest BCUT2D eigenvalue weighted by Crippen LogP contribution is 2.40. The van der Waals surface area contributed by atoms with E-state index < -0.39 is 15.4 Å². The zero-order valence-corrected chi connectivity index (χ0v) is 19.1. The number of unbranched alkanes of at least 4 members (excludes halogenated alkanes) is 1. The van der Waals surface area contributed by atoms with Crippen molar-refractivity contribution in [2.75, 3.05) is 24.7 Å². The first-order valence-corrected chi connectivity index (χ1v) is 12.2. The molecule has 0 saturated heterocycles. The van der Waals surface area contributed by atoms with Crippen molar-refractivity contribution in [1.82, 2.24) is 5.32 Å². The topological polar surface area (TPSA) is 73.2 Å². The SMILES string of the molecule is CCCC[C@]1(CC)CS(=O)(=O)c2cc(C#N)c(N(C)C)cc2[C@@H](c2ccccc2)N1.[HH]. The minimum absolute atomic E-state index is 0. The summed E-state index contributed by atoms with van der Waals surface area (Å²) in [4.78, 5) is 2.14. The minimum Gasteiger partial charge on any atom is -0.377 e. The van der Waals surface area contributed by atoms with Crippen LogP contribution in [0.25, 0.3) is 0 Å². The minimum atomic E-state index is -3.58. The van der Waals surface area contributed by atoms with Crippen molar-refractivity contribution in [3.63, 3.8) is 0 Å². The summed E-state index contributed by atoms with van der Waals surface area (Å²) < 4.78 is 27.2. The first kappa shape index (κ1) is 22.3. The van der Waals surface area contributed by atoms with Crippen molar-refractivity contribution in [2.45, 2.75) is 56.0 Å². The van der Waals surface area contributed by atoms with E-state index in [9.17, 15) is 13.7 Å². The molecule has 0 radical (unpaired) electrons. The summed E-state index contributed by atoms with van der Waals surface area (Å²) in [6, 6.07) is 15.4. The van der Waals surface area contributed by atoms with E-state index in [1.807, 2.05) is 55.4 Å². The van der Waals surface area contributed by atoms with Crippen molar-refractivity contribution in [3.8, 4) is 6.07 Å². The van der Waals surface area contributed by atoms with Crippen molar-refractivity contribution >= 4 is 15.5 Å². The van der Waals surface area contributed by atoms with Crippen LogP contribution in [-0.2, 0) is 9.84 Å². The monoisotopic (exact) mass is 427 g/mol. The molecule has 3 rings (SSSR count). The maximum atomic E-state index is 13.6. The third kappa shape index (κ3) is 4.23. The Kier molecular flexibility index (Phi) is 6.54. The molecule has 2 atom stereocenters. The number of rotatable bonds is 6. The van der Waals surface area contributed by atoms with Gasteiger partial charge in [-0.25, -0.2) is 8.42 Å². The van der Waals surface area contributed by atoms with Crippen molar-refractivity contribution in [1.29, 1.82) is 5.26 Å². The van der Waals surface area contributed by atoms with E-state index in [1.165, 1.54) is 0 Å². The quantitative estimate of drug-likeness (QED) is 0.725. The van der Waals surface area contributed by atoms with Gasteiger partial charge in [-0.2, -0.15) is 5.26 Å². The van der Waals surface area contributed by atoms with E-state index in [-0.39, 0.29) is 18.1 Å². The largest absolute Gasteiger partial charge is 0.377 e. The molecular formula is C24H33N3O2S. The summed E-state index contributed by atoms with van der Waals surface area (Å²) in [5.41, 5.74) is 2.34. The first-order valence-electron chi connectivity index (χ1n) is 10.6. The zero-order chi connectivity index (χ0) is 21.9. The van der Waals surface area contributed by atoms with Gasteiger partial charge in [0.1, 0.15) is 6.07 Å². The van der Waals surface area contributed by atoms with Gasteiger partial charge >= 0.3 is 0 Å². The molecule has 0 fully saturated rings. The predicted molar refractivity (Wildman–Crippen MR) is 124 cm³/mol. The van der Waals surface area contributed by atoms with E-state index in [1.54, 1.807) is 6.07 Å². The number of benzene rings is 2.